The predicted molar refractivity (Wildman–Crippen MR) is 62.6 cm³/mol. The van der Waals surface area contributed by atoms with Crippen LogP contribution in [0.4, 0.5) is 27.4 Å². The Morgan fingerprint density at radius 2 is 1.94 bits per heavy atom. The standard InChI is InChI=1S/C10H11FN6/c1-17-10(13)8(9(12)16-17)15-14-7-5-3-2-4-6(7)11/h2-5H,13H2,1H3,(H2,12,16). The van der Waals surface area contributed by atoms with Crippen molar-refractivity contribution in [2.24, 2.45) is 17.3 Å². The van der Waals surface area contributed by atoms with E-state index in [2.05, 4.69) is 15.3 Å². The van der Waals surface area contributed by atoms with Crippen molar-refractivity contribution in [1.29, 1.82) is 0 Å². The summed E-state index contributed by atoms with van der Waals surface area (Å²) in [5, 5.41) is 11.4. The molecule has 0 aliphatic heterocycles. The number of anilines is 2. The number of nitrogen functional groups attached to an aromatic ring is 2. The van der Waals surface area contributed by atoms with Crippen LogP contribution in [0.2, 0.25) is 0 Å². The Bertz CT molecular complexity index is 574. The molecule has 17 heavy (non-hydrogen) atoms. The molecular formula is C10H11FN6. The molecule has 1 heterocycles. The molecule has 1 aromatic heterocycles. The average Bonchev–Trinajstić information content (AvgIpc) is 2.53. The minimum atomic E-state index is -0.461. The van der Waals surface area contributed by atoms with Crippen LogP contribution < -0.4 is 11.5 Å². The van der Waals surface area contributed by atoms with E-state index in [1.807, 2.05) is 0 Å². The van der Waals surface area contributed by atoms with Crippen molar-refractivity contribution in [3.63, 3.8) is 0 Å². The molecule has 2 rings (SSSR count). The molecule has 88 valence electrons. The molecule has 0 aliphatic rings. The van der Waals surface area contributed by atoms with Crippen LogP contribution in [0.1, 0.15) is 0 Å². The topological polar surface area (TPSA) is 94.6 Å². The average molecular weight is 234 g/mol. The molecule has 0 fully saturated rings. The third-order valence-corrected chi connectivity index (χ3v) is 2.20. The fourth-order valence-electron chi connectivity index (χ4n) is 1.29. The molecule has 0 radical (unpaired) electrons. The zero-order chi connectivity index (χ0) is 12.4. The maximum atomic E-state index is 13.3. The Morgan fingerprint density at radius 1 is 1.24 bits per heavy atom. The van der Waals surface area contributed by atoms with E-state index in [1.54, 1.807) is 19.2 Å². The van der Waals surface area contributed by atoms with Crippen molar-refractivity contribution in [3.05, 3.63) is 30.1 Å². The lowest BCUT2D eigenvalue weighted by molar-refractivity contribution is 0.628. The van der Waals surface area contributed by atoms with Gasteiger partial charge in [-0.1, -0.05) is 12.1 Å². The van der Waals surface area contributed by atoms with Crippen molar-refractivity contribution >= 4 is 23.0 Å². The van der Waals surface area contributed by atoms with Crippen LogP contribution in [-0.4, -0.2) is 9.78 Å². The first-order valence-corrected chi connectivity index (χ1v) is 4.84. The van der Waals surface area contributed by atoms with Gasteiger partial charge in [0.05, 0.1) is 0 Å². The number of hydrogen-bond donors (Lipinski definition) is 2. The zero-order valence-corrected chi connectivity index (χ0v) is 9.13. The molecule has 0 saturated carbocycles. The van der Waals surface area contributed by atoms with Gasteiger partial charge in [-0.05, 0) is 12.1 Å². The molecule has 7 heteroatoms. The molecule has 0 atom stereocenters. The Morgan fingerprint density at radius 3 is 2.53 bits per heavy atom. The Hall–Kier alpha value is -2.44. The number of nitrogens with zero attached hydrogens (tertiary/aromatic N) is 4. The molecule has 0 amide bonds. The van der Waals surface area contributed by atoms with Crippen LogP contribution in [0.3, 0.4) is 0 Å². The van der Waals surface area contributed by atoms with E-state index in [-0.39, 0.29) is 23.0 Å². The molecule has 1 aromatic carbocycles. The molecular weight excluding hydrogens is 223 g/mol. The summed E-state index contributed by atoms with van der Waals surface area (Å²) in [7, 11) is 1.63. The van der Waals surface area contributed by atoms with Crippen molar-refractivity contribution < 1.29 is 4.39 Å². The van der Waals surface area contributed by atoms with Gasteiger partial charge in [0.2, 0.25) is 0 Å². The van der Waals surface area contributed by atoms with Gasteiger partial charge in [0.15, 0.2) is 23.1 Å². The number of azo groups is 1. The highest BCUT2D eigenvalue weighted by molar-refractivity contribution is 5.70. The van der Waals surface area contributed by atoms with Gasteiger partial charge in [-0.2, -0.15) is 5.10 Å². The molecule has 0 spiro atoms. The molecule has 0 unspecified atom stereocenters. The van der Waals surface area contributed by atoms with Gasteiger partial charge in [0, 0.05) is 7.05 Å². The minimum absolute atomic E-state index is 0.121. The molecule has 0 saturated heterocycles. The minimum Gasteiger partial charge on any atom is -0.382 e. The second kappa shape index (κ2) is 4.20. The predicted octanol–water partition coefficient (Wildman–Crippen LogP) is 2.14. The molecule has 2 aromatic rings. The molecule has 4 N–H and O–H groups in total. The first-order valence-electron chi connectivity index (χ1n) is 4.84. The molecule has 0 bridgehead atoms. The van der Waals surface area contributed by atoms with E-state index in [4.69, 9.17) is 11.5 Å². The first-order chi connectivity index (χ1) is 8.09. The van der Waals surface area contributed by atoms with Gasteiger partial charge >= 0.3 is 0 Å². The van der Waals surface area contributed by atoms with Crippen LogP contribution in [0.15, 0.2) is 34.5 Å². The summed E-state index contributed by atoms with van der Waals surface area (Å²) in [4.78, 5) is 0. The summed E-state index contributed by atoms with van der Waals surface area (Å²) in [6.45, 7) is 0. The first kappa shape index (κ1) is 11.1. The van der Waals surface area contributed by atoms with Crippen molar-refractivity contribution in [1.82, 2.24) is 9.78 Å². The number of benzene rings is 1. The van der Waals surface area contributed by atoms with Gasteiger partial charge in [-0.25, -0.2) is 9.07 Å². The zero-order valence-electron chi connectivity index (χ0n) is 9.13. The summed E-state index contributed by atoms with van der Waals surface area (Å²) in [5.41, 5.74) is 11.6. The summed E-state index contributed by atoms with van der Waals surface area (Å²) < 4.78 is 14.6. The van der Waals surface area contributed by atoms with Crippen LogP contribution in [0.25, 0.3) is 0 Å². The largest absolute Gasteiger partial charge is 0.382 e. The van der Waals surface area contributed by atoms with Gasteiger partial charge in [-0.15, -0.1) is 10.2 Å². The van der Waals surface area contributed by atoms with E-state index in [9.17, 15) is 4.39 Å². The highest BCUT2D eigenvalue weighted by atomic mass is 19.1. The van der Waals surface area contributed by atoms with E-state index in [1.165, 1.54) is 16.8 Å². The van der Waals surface area contributed by atoms with Gasteiger partial charge in [0.1, 0.15) is 5.69 Å². The number of aryl methyl sites for hydroxylation is 1. The normalized spacial score (nSPS) is 11.2. The highest BCUT2D eigenvalue weighted by Gasteiger charge is 2.10. The van der Waals surface area contributed by atoms with E-state index in [0.717, 1.165) is 0 Å². The fourth-order valence-corrected chi connectivity index (χ4v) is 1.29. The van der Waals surface area contributed by atoms with E-state index >= 15 is 0 Å². The van der Waals surface area contributed by atoms with Crippen LogP contribution in [0.5, 0.6) is 0 Å². The fraction of sp³-hybridized carbons (Fsp3) is 0.100. The van der Waals surface area contributed by atoms with Gasteiger partial charge in [-0.3, -0.25) is 0 Å². The smallest absolute Gasteiger partial charge is 0.175 e. The van der Waals surface area contributed by atoms with Gasteiger partial charge in [0.25, 0.3) is 0 Å². The quantitative estimate of drug-likeness (QED) is 0.779. The SMILES string of the molecule is Cn1nc(N)c(N=Nc2ccccc2F)c1N. The Balaban J connectivity index is 2.36. The summed E-state index contributed by atoms with van der Waals surface area (Å²) in [6.07, 6.45) is 0. The second-order valence-electron chi connectivity index (χ2n) is 3.39. The van der Waals surface area contributed by atoms with E-state index in [0.29, 0.717) is 0 Å². The van der Waals surface area contributed by atoms with Crippen molar-refractivity contribution in [3.8, 4) is 0 Å². The van der Waals surface area contributed by atoms with Crippen LogP contribution in [-0.2, 0) is 7.05 Å². The third kappa shape index (κ3) is 2.07. The Labute approximate surface area is 96.8 Å². The monoisotopic (exact) mass is 234 g/mol. The molecule has 0 aliphatic carbocycles. The van der Waals surface area contributed by atoms with Crippen molar-refractivity contribution in [2.75, 3.05) is 11.5 Å². The van der Waals surface area contributed by atoms with E-state index < -0.39 is 5.82 Å². The summed E-state index contributed by atoms with van der Waals surface area (Å²) in [6, 6.07) is 6.03. The number of aromatic nitrogens is 2. The lowest BCUT2D eigenvalue weighted by Gasteiger charge is -1.95. The second-order valence-corrected chi connectivity index (χ2v) is 3.39. The number of halogens is 1. The third-order valence-electron chi connectivity index (χ3n) is 2.20. The lowest BCUT2D eigenvalue weighted by Crippen LogP contribution is -1.97. The lowest BCUT2D eigenvalue weighted by atomic mass is 10.3. The number of hydrogen-bond acceptors (Lipinski definition) is 5. The van der Waals surface area contributed by atoms with Gasteiger partial charge < -0.3 is 11.5 Å². The molecule has 6 nitrogen and oxygen atoms in total. The number of nitrogens with two attached hydrogens (primary N) is 2. The van der Waals surface area contributed by atoms with Crippen LogP contribution >= 0.6 is 0 Å². The highest BCUT2D eigenvalue weighted by Crippen LogP contribution is 2.30. The van der Waals surface area contributed by atoms with Crippen molar-refractivity contribution in [2.45, 2.75) is 0 Å². The maximum Gasteiger partial charge on any atom is 0.175 e. The summed E-state index contributed by atoms with van der Waals surface area (Å²) in [5.74, 6) is -0.0232. The maximum absolute atomic E-state index is 13.3. The van der Waals surface area contributed by atoms with Crippen LogP contribution in [0, 0.1) is 5.82 Å². The Kier molecular flexibility index (Phi) is 2.73. The number of rotatable bonds is 2. The summed E-state index contributed by atoms with van der Waals surface area (Å²) >= 11 is 0.